The molecule has 0 aliphatic carbocycles. The van der Waals surface area contributed by atoms with Crippen molar-refractivity contribution in [3.05, 3.63) is 54.4 Å². The molecule has 1 aromatic carbocycles. The van der Waals surface area contributed by atoms with Crippen molar-refractivity contribution in [2.45, 2.75) is 23.9 Å². The van der Waals surface area contributed by atoms with Gasteiger partial charge in [0.15, 0.2) is 0 Å². The van der Waals surface area contributed by atoms with Crippen LogP contribution in [0.5, 0.6) is 0 Å². The van der Waals surface area contributed by atoms with Crippen LogP contribution < -0.4 is 10.6 Å². The standard InChI is InChI=1S/C19H21F3N4O3S/c20-19(21,22)15-3-1-4-16(11-15)25-18(27)24-12-14-6-9-26(10-7-14)30(28,29)17-5-2-8-23-13-17/h1-5,8,11,13-14H,6-7,9-10,12H2,(H2,24,25,27). The lowest BCUT2D eigenvalue weighted by Crippen LogP contribution is -2.42. The zero-order valence-electron chi connectivity index (χ0n) is 15.9. The van der Waals surface area contributed by atoms with Crippen molar-refractivity contribution in [1.29, 1.82) is 0 Å². The SMILES string of the molecule is O=C(NCC1CCN(S(=O)(=O)c2cccnc2)CC1)Nc1cccc(C(F)(F)F)c1. The smallest absolute Gasteiger partial charge is 0.338 e. The van der Waals surface area contributed by atoms with Crippen LogP contribution in [0.2, 0.25) is 0 Å². The number of aromatic nitrogens is 1. The Balaban J connectivity index is 1.47. The van der Waals surface area contributed by atoms with Crippen molar-refractivity contribution < 1.29 is 26.4 Å². The van der Waals surface area contributed by atoms with Gasteiger partial charge in [0.2, 0.25) is 10.0 Å². The molecule has 7 nitrogen and oxygen atoms in total. The Morgan fingerprint density at radius 3 is 2.53 bits per heavy atom. The van der Waals surface area contributed by atoms with E-state index < -0.39 is 27.8 Å². The summed E-state index contributed by atoms with van der Waals surface area (Å²) in [5.74, 6) is 0.0672. The van der Waals surface area contributed by atoms with E-state index in [0.29, 0.717) is 32.5 Å². The Bertz CT molecular complexity index is 976. The van der Waals surface area contributed by atoms with Crippen LogP contribution in [0.4, 0.5) is 23.7 Å². The number of nitrogens with one attached hydrogen (secondary N) is 2. The number of rotatable bonds is 5. The first kappa shape index (κ1) is 22.0. The van der Waals surface area contributed by atoms with Crippen LogP contribution in [0.25, 0.3) is 0 Å². The van der Waals surface area contributed by atoms with Gasteiger partial charge in [-0.3, -0.25) is 4.98 Å². The molecule has 1 aromatic heterocycles. The van der Waals surface area contributed by atoms with Gasteiger partial charge in [-0.05, 0) is 49.1 Å². The summed E-state index contributed by atoms with van der Waals surface area (Å²) in [5.41, 5.74) is -0.804. The van der Waals surface area contributed by atoms with E-state index in [-0.39, 0.29) is 16.5 Å². The first-order valence-electron chi connectivity index (χ1n) is 9.28. The second kappa shape index (κ2) is 9.00. The van der Waals surface area contributed by atoms with Crippen LogP contribution >= 0.6 is 0 Å². The van der Waals surface area contributed by atoms with E-state index in [9.17, 15) is 26.4 Å². The average molecular weight is 442 g/mol. The topological polar surface area (TPSA) is 91.4 Å². The van der Waals surface area contributed by atoms with Crippen LogP contribution in [0, 0.1) is 5.92 Å². The van der Waals surface area contributed by atoms with E-state index in [1.165, 1.54) is 34.9 Å². The zero-order chi connectivity index (χ0) is 21.8. The number of halogens is 3. The van der Waals surface area contributed by atoms with Gasteiger partial charge in [-0.25, -0.2) is 13.2 Å². The third-order valence-electron chi connectivity index (χ3n) is 4.84. The van der Waals surface area contributed by atoms with E-state index in [1.54, 1.807) is 6.07 Å². The fourth-order valence-electron chi connectivity index (χ4n) is 3.19. The Morgan fingerprint density at radius 1 is 1.17 bits per heavy atom. The minimum absolute atomic E-state index is 0.0414. The van der Waals surface area contributed by atoms with E-state index in [1.807, 2.05) is 0 Å². The van der Waals surface area contributed by atoms with Crippen LogP contribution in [0.3, 0.4) is 0 Å². The lowest BCUT2D eigenvalue weighted by atomic mass is 9.98. The molecule has 11 heteroatoms. The third-order valence-corrected chi connectivity index (χ3v) is 6.73. The predicted octanol–water partition coefficient (Wildman–Crippen LogP) is 3.32. The van der Waals surface area contributed by atoms with E-state index in [2.05, 4.69) is 15.6 Å². The molecule has 2 heterocycles. The van der Waals surface area contributed by atoms with Gasteiger partial charge in [0.25, 0.3) is 0 Å². The summed E-state index contributed by atoms with van der Waals surface area (Å²) in [5, 5.41) is 5.02. The van der Waals surface area contributed by atoms with Gasteiger partial charge >= 0.3 is 12.2 Å². The summed E-state index contributed by atoms with van der Waals surface area (Å²) < 4.78 is 64.8. The van der Waals surface area contributed by atoms with Crippen LogP contribution in [-0.4, -0.2) is 43.4 Å². The molecule has 0 radical (unpaired) electrons. The molecule has 1 fully saturated rings. The first-order valence-corrected chi connectivity index (χ1v) is 10.7. The molecule has 2 N–H and O–H groups in total. The Kier molecular flexibility index (Phi) is 6.61. The Hall–Kier alpha value is -2.66. The fraction of sp³-hybridized carbons (Fsp3) is 0.368. The molecule has 2 aromatic rings. The molecule has 1 saturated heterocycles. The summed E-state index contributed by atoms with van der Waals surface area (Å²) in [6.45, 7) is 0.934. The number of carbonyl (C=O) groups excluding carboxylic acids is 1. The molecule has 30 heavy (non-hydrogen) atoms. The number of pyridine rings is 1. The molecule has 3 rings (SSSR count). The number of urea groups is 1. The number of anilines is 1. The molecule has 162 valence electrons. The highest BCUT2D eigenvalue weighted by Gasteiger charge is 2.31. The second-order valence-electron chi connectivity index (χ2n) is 6.95. The number of piperidine rings is 1. The highest BCUT2D eigenvalue weighted by Crippen LogP contribution is 2.30. The summed E-state index contributed by atoms with van der Waals surface area (Å²) in [7, 11) is -3.59. The van der Waals surface area contributed by atoms with Gasteiger partial charge in [0.05, 0.1) is 5.56 Å². The minimum atomic E-state index is -4.49. The molecule has 0 unspecified atom stereocenters. The molecule has 0 bridgehead atoms. The van der Waals surface area contributed by atoms with Crippen molar-refractivity contribution in [1.82, 2.24) is 14.6 Å². The van der Waals surface area contributed by atoms with Gasteiger partial charge in [0, 0.05) is 37.7 Å². The quantitative estimate of drug-likeness (QED) is 0.743. The number of hydrogen-bond donors (Lipinski definition) is 2. The predicted molar refractivity (Wildman–Crippen MR) is 104 cm³/mol. The van der Waals surface area contributed by atoms with Gasteiger partial charge in [-0.2, -0.15) is 17.5 Å². The van der Waals surface area contributed by atoms with E-state index >= 15 is 0 Å². The number of carbonyl (C=O) groups is 1. The van der Waals surface area contributed by atoms with Crippen molar-refractivity contribution >= 4 is 21.7 Å². The molecular weight excluding hydrogens is 421 g/mol. The third kappa shape index (κ3) is 5.48. The molecule has 0 atom stereocenters. The normalized spacial score (nSPS) is 16.2. The van der Waals surface area contributed by atoms with Crippen molar-refractivity contribution in [2.75, 3.05) is 25.0 Å². The highest BCUT2D eigenvalue weighted by atomic mass is 32.2. The van der Waals surface area contributed by atoms with E-state index in [0.717, 1.165) is 12.1 Å². The van der Waals surface area contributed by atoms with Crippen molar-refractivity contribution in [3.63, 3.8) is 0 Å². The van der Waals surface area contributed by atoms with Gasteiger partial charge in [-0.15, -0.1) is 0 Å². The van der Waals surface area contributed by atoms with Crippen LogP contribution in [0.1, 0.15) is 18.4 Å². The maximum Gasteiger partial charge on any atom is 0.416 e. The molecule has 0 spiro atoms. The van der Waals surface area contributed by atoms with Crippen molar-refractivity contribution in [3.8, 4) is 0 Å². The van der Waals surface area contributed by atoms with Crippen molar-refractivity contribution in [2.24, 2.45) is 5.92 Å². The maximum atomic E-state index is 12.7. The Labute approximate surface area is 172 Å². The first-order chi connectivity index (χ1) is 14.2. The summed E-state index contributed by atoms with van der Waals surface area (Å²) >= 11 is 0. The number of sulfonamides is 1. The number of benzene rings is 1. The summed E-state index contributed by atoms with van der Waals surface area (Å²) in [6.07, 6.45) is -0.562. The zero-order valence-corrected chi connectivity index (χ0v) is 16.7. The highest BCUT2D eigenvalue weighted by molar-refractivity contribution is 7.89. The largest absolute Gasteiger partial charge is 0.416 e. The summed E-state index contributed by atoms with van der Waals surface area (Å²) in [4.78, 5) is 16.0. The molecular formula is C19H21F3N4O3S. The van der Waals surface area contributed by atoms with Gasteiger partial charge < -0.3 is 10.6 Å². The minimum Gasteiger partial charge on any atom is -0.338 e. The number of hydrogen-bond acceptors (Lipinski definition) is 4. The lowest BCUT2D eigenvalue weighted by molar-refractivity contribution is -0.137. The van der Waals surface area contributed by atoms with E-state index in [4.69, 9.17) is 0 Å². The lowest BCUT2D eigenvalue weighted by Gasteiger charge is -2.31. The Morgan fingerprint density at radius 2 is 1.90 bits per heavy atom. The maximum absolute atomic E-state index is 12.7. The monoisotopic (exact) mass is 442 g/mol. The van der Waals surface area contributed by atoms with Crippen LogP contribution in [0.15, 0.2) is 53.7 Å². The van der Waals surface area contributed by atoms with Gasteiger partial charge in [-0.1, -0.05) is 6.07 Å². The summed E-state index contributed by atoms with van der Waals surface area (Å²) in [6, 6.07) is 6.83. The average Bonchev–Trinajstić information content (AvgIpc) is 2.73. The molecule has 1 aliphatic heterocycles. The molecule has 1 aliphatic rings. The molecule has 2 amide bonds. The number of alkyl halides is 3. The molecule has 0 saturated carbocycles. The number of amides is 2. The second-order valence-corrected chi connectivity index (χ2v) is 8.89. The van der Waals surface area contributed by atoms with Crippen LogP contribution in [-0.2, 0) is 16.2 Å². The van der Waals surface area contributed by atoms with Gasteiger partial charge in [0.1, 0.15) is 4.90 Å². The number of nitrogens with zero attached hydrogens (tertiary/aromatic N) is 2. The fourth-order valence-corrected chi connectivity index (χ4v) is 4.62.